The minimum absolute atomic E-state index is 0.0187. The molecule has 0 saturated heterocycles. The number of halogens is 3. The topological polar surface area (TPSA) is 52.9 Å². The zero-order chi connectivity index (χ0) is 10.2. The van der Waals surface area contributed by atoms with Gasteiger partial charge >= 0.3 is 6.18 Å². The van der Waals surface area contributed by atoms with E-state index in [1.54, 1.807) is 0 Å². The van der Waals surface area contributed by atoms with E-state index in [4.69, 9.17) is 5.26 Å². The zero-order valence-corrected chi connectivity index (χ0v) is 6.57. The molecule has 1 N–H and O–H groups in total. The maximum atomic E-state index is 12.2. The standard InChI is InChI=1S/C7H5F3N2O/c1-3-4(2-11)5(6(13)12-3)7(8,9)10/h5H,1H3,(H,12,13). The van der Waals surface area contributed by atoms with Gasteiger partial charge in [-0.15, -0.1) is 0 Å². The van der Waals surface area contributed by atoms with Gasteiger partial charge in [-0.05, 0) is 6.92 Å². The Morgan fingerprint density at radius 2 is 2.08 bits per heavy atom. The first-order valence-corrected chi connectivity index (χ1v) is 3.36. The van der Waals surface area contributed by atoms with Crippen LogP contribution in [0.5, 0.6) is 0 Å². The van der Waals surface area contributed by atoms with Crippen molar-refractivity contribution >= 4 is 5.91 Å². The van der Waals surface area contributed by atoms with Crippen LogP contribution in [0.15, 0.2) is 11.3 Å². The van der Waals surface area contributed by atoms with Gasteiger partial charge in [0.1, 0.15) is 0 Å². The van der Waals surface area contributed by atoms with Gasteiger partial charge in [0, 0.05) is 5.70 Å². The van der Waals surface area contributed by atoms with E-state index in [9.17, 15) is 18.0 Å². The molecular formula is C7H5F3N2O. The Morgan fingerprint density at radius 1 is 1.54 bits per heavy atom. The molecule has 6 heteroatoms. The van der Waals surface area contributed by atoms with Crippen molar-refractivity contribution in [3.05, 3.63) is 11.3 Å². The maximum Gasteiger partial charge on any atom is 0.405 e. The van der Waals surface area contributed by atoms with E-state index < -0.39 is 23.6 Å². The van der Waals surface area contributed by atoms with Crippen LogP contribution in [0.25, 0.3) is 0 Å². The van der Waals surface area contributed by atoms with Gasteiger partial charge < -0.3 is 5.32 Å². The van der Waals surface area contributed by atoms with Crippen molar-refractivity contribution in [2.75, 3.05) is 0 Å². The summed E-state index contributed by atoms with van der Waals surface area (Å²) in [7, 11) is 0. The highest BCUT2D eigenvalue weighted by atomic mass is 19.4. The molecule has 1 aliphatic heterocycles. The molecule has 0 saturated carbocycles. The number of rotatable bonds is 0. The predicted molar refractivity (Wildman–Crippen MR) is 36.0 cm³/mol. The summed E-state index contributed by atoms with van der Waals surface area (Å²) in [6.07, 6.45) is -4.69. The van der Waals surface area contributed by atoms with Crippen LogP contribution >= 0.6 is 0 Å². The molecule has 0 spiro atoms. The fraction of sp³-hybridized carbons (Fsp3) is 0.429. The lowest BCUT2D eigenvalue weighted by Crippen LogP contribution is -2.33. The van der Waals surface area contributed by atoms with E-state index in [2.05, 4.69) is 0 Å². The van der Waals surface area contributed by atoms with Crippen LogP contribution in [0.1, 0.15) is 6.92 Å². The van der Waals surface area contributed by atoms with Gasteiger partial charge in [0.25, 0.3) is 0 Å². The number of hydrogen-bond donors (Lipinski definition) is 1. The maximum absolute atomic E-state index is 12.2. The minimum atomic E-state index is -4.69. The summed E-state index contributed by atoms with van der Waals surface area (Å²) in [5.41, 5.74) is -0.563. The molecule has 70 valence electrons. The molecule has 0 bridgehead atoms. The summed E-state index contributed by atoms with van der Waals surface area (Å²) in [5, 5.41) is 10.4. The fourth-order valence-corrected chi connectivity index (χ4v) is 1.13. The van der Waals surface area contributed by atoms with E-state index in [1.807, 2.05) is 5.32 Å². The smallest absolute Gasteiger partial charge is 0.328 e. The monoisotopic (exact) mass is 190 g/mol. The van der Waals surface area contributed by atoms with Crippen LogP contribution in [0, 0.1) is 17.2 Å². The summed E-state index contributed by atoms with van der Waals surface area (Å²) in [6.45, 7) is 1.27. The Hall–Kier alpha value is -1.51. The number of allylic oxidation sites excluding steroid dienone is 1. The van der Waals surface area contributed by atoms with Crippen molar-refractivity contribution in [1.82, 2.24) is 5.32 Å². The third kappa shape index (κ3) is 1.49. The van der Waals surface area contributed by atoms with E-state index in [0.29, 0.717) is 0 Å². The lowest BCUT2D eigenvalue weighted by Gasteiger charge is -2.11. The number of nitriles is 1. The number of hydrogen-bond acceptors (Lipinski definition) is 2. The summed E-state index contributed by atoms with van der Waals surface area (Å²) >= 11 is 0. The summed E-state index contributed by atoms with van der Waals surface area (Å²) in [6, 6.07) is 1.38. The van der Waals surface area contributed by atoms with Gasteiger partial charge in [-0.2, -0.15) is 18.4 Å². The average Bonchev–Trinajstić information content (AvgIpc) is 2.23. The van der Waals surface area contributed by atoms with Crippen molar-refractivity contribution in [3.63, 3.8) is 0 Å². The van der Waals surface area contributed by atoms with Crippen LogP contribution < -0.4 is 5.32 Å². The molecule has 1 amide bonds. The normalized spacial score (nSPS) is 23.0. The predicted octanol–water partition coefficient (Wildman–Crippen LogP) is 1.09. The molecule has 0 aromatic heterocycles. The second kappa shape index (κ2) is 2.76. The molecule has 1 atom stereocenters. The molecule has 1 aliphatic rings. The van der Waals surface area contributed by atoms with Gasteiger partial charge in [-0.3, -0.25) is 4.79 Å². The van der Waals surface area contributed by atoms with Crippen LogP contribution in [-0.4, -0.2) is 12.1 Å². The van der Waals surface area contributed by atoms with Crippen molar-refractivity contribution in [1.29, 1.82) is 5.26 Å². The highest BCUT2D eigenvalue weighted by Crippen LogP contribution is 2.35. The average molecular weight is 190 g/mol. The lowest BCUT2D eigenvalue weighted by atomic mass is 10.0. The Morgan fingerprint density at radius 3 is 2.38 bits per heavy atom. The number of nitrogens with one attached hydrogen (secondary N) is 1. The second-order valence-electron chi connectivity index (χ2n) is 2.61. The van der Waals surface area contributed by atoms with Gasteiger partial charge in [0.2, 0.25) is 5.91 Å². The van der Waals surface area contributed by atoms with Crippen LogP contribution in [-0.2, 0) is 4.79 Å². The first-order chi connectivity index (χ1) is 5.88. The van der Waals surface area contributed by atoms with E-state index in [-0.39, 0.29) is 5.70 Å². The Kier molecular flexibility index (Phi) is 2.04. The van der Waals surface area contributed by atoms with Crippen molar-refractivity contribution < 1.29 is 18.0 Å². The van der Waals surface area contributed by atoms with Gasteiger partial charge in [0.05, 0.1) is 11.6 Å². The number of amides is 1. The third-order valence-corrected chi connectivity index (χ3v) is 1.71. The molecule has 0 aliphatic carbocycles. The van der Waals surface area contributed by atoms with Crippen LogP contribution in [0.2, 0.25) is 0 Å². The minimum Gasteiger partial charge on any atom is -0.328 e. The van der Waals surface area contributed by atoms with Crippen molar-refractivity contribution in [2.45, 2.75) is 13.1 Å². The second-order valence-corrected chi connectivity index (χ2v) is 2.61. The summed E-state index contributed by atoms with van der Waals surface area (Å²) < 4.78 is 36.5. The number of carbonyl (C=O) groups excluding carboxylic acids is 1. The Balaban J connectivity index is 3.12. The molecular weight excluding hydrogens is 185 g/mol. The summed E-state index contributed by atoms with van der Waals surface area (Å²) in [4.78, 5) is 10.8. The largest absolute Gasteiger partial charge is 0.405 e. The molecule has 13 heavy (non-hydrogen) atoms. The molecule has 1 rings (SSSR count). The quantitative estimate of drug-likeness (QED) is 0.621. The highest BCUT2D eigenvalue weighted by molar-refractivity contribution is 5.88. The number of alkyl halides is 3. The fourth-order valence-electron chi connectivity index (χ4n) is 1.13. The number of nitrogens with zero attached hydrogens (tertiary/aromatic N) is 1. The first kappa shape index (κ1) is 9.58. The molecule has 0 aromatic carbocycles. The molecule has 3 nitrogen and oxygen atoms in total. The Labute approximate surface area is 71.8 Å². The van der Waals surface area contributed by atoms with E-state index in [0.717, 1.165) is 0 Å². The van der Waals surface area contributed by atoms with Crippen molar-refractivity contribution in [3.8, 4) is 6.07 Å². The van der Waals surface area contributed by atoms with Crippen LogP contribution in [0.3, 0.4) is 0 Å². The number of carbonyl (C=O) groups is 1. The van der Waals surface area contributed by atoms with Crippen LogP contribution in [0.4, 0.5) is 13.2 Å². The molecule has 0 fully saturated rings. The van der Waals surface area contributed by atoms with Gasteiger partial charge in [0.15, 0.2) is 5.92 Å². The SMILES string of the molecule is CC1=C(C#N)C(C(F)(F)F)C(=O)N1. The Bertz CT molecular complexity index is 324. The zero-order valence-electron chi connectivity index (χ0n) is 6.57. The molecule has 1 unspecified atom stereocenters. The van der Waals surface area contributed by atoms with Crippen molar-refractivity contribution in [2.24, 2.45) is 5.92 Å². The summed E-state index contributed by atoms with van der Waals surface area (Å²) in [5.74, 6) is -3.47. The highest BCUT2D eigenvalue weighted by Gasteiger charge is 2.51. The molecule has 0 aromatic rings. The lowest BCUT2D eigenvalue weighted by molar-refractivity contribution is -0.171. The molecule has 0 radical (unpaired) electrons. The first-order valence-electron chi connectivity index (χ1n) is 3.36. The van der Waals surface area contributed by atoms with Gasteiger partial charge in [-0.25, -0.2) is 0 Å². The third-order valence-electron chi connectivity index (χ3n) is 1.71. The molecule has 1 heterocycles. The van der Waals surface area contributed by atoms with E-state index >= 15 is 0 Å². The van der Waals surface area contributed by atoms with Gasteiger partial charge in [-0.1, -0.05) is 0 Å². The van der Waals surface area contributed by atoms with E-state index in [1.165, 1.54) is 13.0 Å².